The molecule has 2 nitrogen and oxygen atoms in total. The first kappa shape index (κ1) is 9.11. The first-order valence-corrected chi connectivity index (χ1v) is 4.97. The molecule has 0 aromatic heterocycles. The van der Waals surface area contributed by atoms with Crippen LogP contribution in [0.3, 0.4) is 0 Å². The van der Waals surface area contributed by atoms with Crippen molar-refractivity contribution in [2.75, 3.05) is 26.2 Å². The molecule has 1 aliphatic rings. The highest BCUT2D eigenvalue weighted by Crippen LogP contribution is 1.96. The monoisotopic (exact) mass is 186 g/mol. The van der Waals surface area contributed by atoms with Crippen LogP contribution < -0.4 is 5.32 Å². The molecule has 0 spiro atoms. The lowest BCUT2D eigenvalue weighted by molar-refractivity contribution is 0.342. The van der Waals surface area contributed by atoms with E-state index in [1.165, 1.54) is 0 Å². The van der Waals surface area contributed by atoms with Crippen molar-refractivity contribution in [3.05, 3.63) is 35.9 Å². The van der Waals surface area contributed by atoms with Crippen molar-refractivity contribution >= 4 is 0 Å². The van der Waals surface area contributed by atoms with Crippen LogP contribution >= 0.6 is 0 Å². The molecule has 1 saturated heterocycles. The minimum Gasteiger partial charge on any atom is -0.330 e. The summed E-state index contributed by atoms with van der Waals surface area (Å²) in [6.07, 6.45) is 0. The molecule has 1 aromatic carbocycles. The predicted molar refractivity (Wildman–Crippen MR) is 57.8 cm³/mol. The average molecular weight is 186 g/mol. The Bertz CT molecular complexity index is 328. The van der Waals surface area contributed by atoms with Crippen LogP contribution in [0.1, 0.15) is 5.56 Å². The SMILES string of the molecule is C(#CN1CCNCC1)c1ccccc1. The van der Waals surface area contributed by atoms with Crippen LogP contribution in [0.5, 0.6) is 0 Å². The third-order valence-electron chi connectivity index (χ3n) is 2.25. The van der Waals surface area contributed by atoms with E-state index < -0.39 is 0 Å². The minimum atomic E-state index is 1.03. The van der Waals surface area contributed by atoms with E-state index in [0.29, 0.717) is 0 Å². The summed E-state index contributed by atoms with van der Waals surface area (Å²) >= 11 is 0. The topological polar surface area (TPSA) is 15.3 Å². The summed E-state index contributed by atoms with van der Waals surface area (Å²) in [5, 5.41) is 3.30. The second-order valence-corrected chi connectivity index (χ2v) is 3.34. The van der Waals surface area contributed by atoms with E-state index in [4.69, 9.17) is 0 Å². The summed E-state index contributed by atoms with van der Waals surface area (Å²) in [4.78, 5) is 2.17. The predicted octanol–water partition coefficient (Wildman–Crippen LogP) is 0.901. The fourth-order valence-electron chi connectivity index (χ4n) is 1.44. The van der Waals surface area contributed by atoms with Crippen LogP contribution in [-0.2, 0) is 0 Å². The van der Waals surface area contributed by atoms with E-state index in [1.807, 2.05) is 30.3 Å². The highest BCUT2D eigenvalue weighted by atomic mass is 15.2. The van der Waals surface area contributed by atoms with E-state index >= 15 is 0 Å². The lowest BCUT2D eigenvalue weighted by Gasteiger charge is -2.23. The molecule has 14 heavy (non-hydrogen) atoms. The molecule has 0 unspecified atom stereocenters. The van der Waals surface area contributed by atoms with Gasteiger partial charge in [0.15, 0.2) is 0 Å². The number of hydrogen-bond donors (Lipinski definition) is 1. The van der Waals surface area contributed by atoms with Crippen LogP contribution in [0.25, 0.3) is 0 Å². The van der Waals surface area contributed by atoms with Gasteiger partial charge in [0.05, 0.1) is 0 Å². The van der Waals surface area contributed by atoms with Gasteiger partial charge in [-0.05, 0) is 18.1 Å². The number of rotatable bonds is 0. The van der Waals surface area contributed by atoms with Crippen LogP contribution in [0.2, 0.25) is 0 Å². The zero-order chi connectivity index (χ0) is 9.64. The van der Waals surface area contributed by atoms with Gasteiger partial charge >= 0.3 is 0 Å². The van der Waals surface area contributed by atoms with Gasteiger partial charge in [-0.15, -0.1) is 0 Å². The maximum atomic E-state index is 3.30. The number of benzene rings is 1. The van der Waals surface area contributed by atoms with Crippen LogP contribution in [0.15, 0.2) is 30.3 Å². The molecular formula is C12H14N2. The Morgan fingerprint density at radius 3 is 2.50 bits per heavy atom. The molecule has 0 aliphatic carbocycles. The fraction of sp³-hybridized carbons (Fsp3) is 0.333. The van der Waals surface area contributed by atoms with Crippen molar-refractivity contribution in [2.24, 2.45) is 0 Å². The first-order valence-electron chi connectivity index (χ1n) is 4.97. The van der Waals surface area contributed by atoms with Crippen LogP contribution in [0, 0.1) is 12.0 Å². The maximum absolute atomic E-state index is 3.30. The largest absolute Gasteiger partial charge is 0.330 e. The Kier molecular flexibility index (Phi) is 3.05. The summed E-state index contributed by atoms with van der Waals surface area (Å²) in [5.74, 6) is 3.16. The molecule has 2 heteroatoms. The van der Waals surface area contributed by atoms with Crippen LogP contribution in [-0.4, -0.2) is 31.1 Å². The third kappa shape index (κ3) is 2.51. The Morgan fingerprint density at radius 1 is 1.07 bits per heavy atom. The van der Waals surface area contributed by atoms with Crippen molar-refractivity contribution in [3.63, 3.8) is 0 Å². The molecule has 0 bridgehead atoms. The van der Waals surface area contributed by atoms with Crippen molar-refractivity contribution in [2.45, 2.75) is 0 Å². The van der Waals surface area contributed by atoms with E-state index in [1.54, 1.807) is 0 Å². The highest BCUT2D eigenvalue weighted by Gasteiger charge is 2.03. The molecule has 0 amide bonds. The molecule has 1 fully saturated rings. The molecule has 1 aromatic rings. The van der Waals surface area contributed by atoms with Gasteiger partial charge in [0.25, 0.3) is 0 Å². The Labute approximate surface area is 84.9 Å². The van der Waals surface area contributed by atoms with E-state index in [9.17, 15) is 0 Å². The smallest absolute Gasteiger partial charge is 0.0386 e. The van der Waals surface area contributed by atoms with Crippen LogP contribution in [0.4, 0.5) is 0 Å². The van der Waals surface area contributed by atoms with Gasteiger partial charge in [-0.2, -0.15) is 0 Å². The molecule has 1 N–H and O–H groups in total. The summed E-state index contributed by atoms with van der Waals surface area (Å²) in [5.41, 5.74) is 1.09. The zero-order valence-electron chi connectivity index (χ0n) is 8.16. The van der Waals surface area contributed by atoms with Crippen molar-refractivity contribution in [1.29, 1.82) is 0 Å². The summed E-state index contributed by atoms with van der Waals surface area (Å²) in [6, 6.07) is 13.3. The summed E-state index contributed by atoms with van der Waals surface area (Å²) in [6.45, 7) is 4.15. The van der Waals surface area contributed by atoms with Gasteiger partial charge < -0.3 is 10.2 Å². The Morgan fingerprint density at radius 2 is 1.79 bits per heavy atom. The molecule has 0 saturated carbocycles. The molecule has 1 aliphatic heterocycles. The van der Waals surface area contributed by atoms with Gasteiger partial charge in [-0.25, -0.2) is 0 Å². The molecule has 0 radical (unpaired) electrons. The van der Waals surface area contributed by atoms with Gasteiger partial charge in [-0.1, -0.05) is 18.2 Å². The quantitative estimate of drug-likeness (QED) is 0.606. The molecule has 0 atom stereocenters. The Hall–Kier alpha value is -1.46. The summed E-state index contributed by atoms with van der Waals surface area (Å²) < 4.78 is 0. The minimum absolute atomic E-state index is 1.03. The molecule has 72 valence electrons. The maximum Gasteiger partial charge on any atom is 0.0386 e. The van der Waals surface area contributed by atoms with E-state index in [0.717, 1.165) is 31.7 Å². The molecular weight excluding hydrogens is 172 g/mol. The van der Waals surface area contributed by atoms with Gasteiger partial charge in [-0.3, -0.25) is 0 Å². The van der Waals surface area contributed by atoms with Gasteiger partial charge in [0, 0.05) is 37.8 Å². The summed E-state index contributed by atoms with van der Waals surface area (Å²) in [7, 11) is 0. The first-order chi connectivity index (χ1) is 6.95. The average Bonchev–Trinajstić information content (AvgIpc) is 2.29. The van der Waals surface area contributed by atoms with Gasteiger partial charge in [0.2, 0.25) is 0 Å². The third-order valence-corrected chi connectivity index (χ3v) is 2.25. The highest BCUT2D eigenvalue weighted by molar-refractivity contribution is 5.33. The van der Waals surface area contributed by atoms with E-state index in [2.05, 4.69) is 22.2 Å². The second-order valence-electron chi connectivity index (χ2n) is 3.34. The van der Waals surface area contributed by atoms with Crippen molar-refractivity contribution < 1.29 is 0 Å². The second kappa shape index (κ2) is 4.69. The van der Waals surface area contributed by atoms with Gasteiger partial charge in [0.1, 0.15) is 0 Å². The molecule has 2 rings (SSSR count). The number of nitrogens with zero attached hydrogens (tertiary/aromatic N) is 1. The van der Waals surface area contributed by atoms with E-state index in [-0.39, 0.29) is 0 Å². The normalized spacial score (nSPS) is 15.9. The van der Waals surface area contributed by atoms with Crippen molar-refractivity contribution in [3.8, 4) is 12.0 Å². The zero-order valence-corrected chi connectivity index (χ0v) is 8.16. The number of hydrogen-bond acceptors (Lipinski definition) is 2. The van der Waals surface area contributed by atoms with Crippen molar-refractivity contribution in [1.82, 2.24) is 10.2 Å². The standard InChI is InChI=1S/C12H14N2/c1-2-4-12(5-3-1)6-9-14-10-7-13-8-11-14/h1-5,13H,7-8,10-11H2. The fourth-order valence-corrected chi connectivity index (χ4v) is 1.44. The molecule has 1 heterocycles. The lowest BCUT2D eigenvalue weighted by Crippen LogP contribution is -2.40. The Balaban J connectivity index is 1.99. The lowest BCUT2D eigenvalue weighted by atomic mass is 10.2. The number of nitrogens with one attached hydrogen (secondary N) is 1. The number of piperazine rings is 1.